The summed E-state index contributed by atoms with van der Waals surface area (Å²) in [6.45, 7) is 0.0992. The van der Waals surface area contributed by atoms with Gasteiger partial charge in [0.2, 0.25) is 0 Å². The molecule has 4 aromatic rings. The van der Waals surface area contributed by atoms with E-state index in [0.29, 0.717) is 28.6 Å². The summed E-state index contributed by atoms with van der Waals surface area (Å²) in [4.78, 5) is 21.4. The van der Waals surface area contributed by atoms with E-state index in [4.69, 9.17) is 14.9 Å². The number of ether oxygens (including phenoxy) is 2. The van der Waals surface area contributed by atoms with E-state index >= 15 is 0 Å². The van der Waals surface area contributed by atoms with Crippen LogP contribution in [0.5, 0.6) is 11.5 Å². The Labute approximate surface area is 190 Å². The van der Waals surface area contributed by atoms with Gasteiger partial charge in [-0.2, -0.15) is 0 Å². The van der Waals surface area contributed by atoms with Crippen molar-refractivity contribution in [1.29, 1.82) is 5.41 Å². The van der Waals surface area contributed by atoms with E-state index in [-0.39, 0.29) is 18.0 Å². The standard InChI is InChI=1S/C25H23N5O3/c1-27-24(16-33-22-12-13-28-21-14-19(32-2)9-10-20(21)22)30-15-17(8-11-23(30)26)25(31)29-18-6-4-3-5-7-18/h3-15,26H,16H2,1-2H3,(H,29,31)/b26-23?,27-24-. The zero-order chi connectivity index (χ0) is 23.2. The molecule has 0 aliphatic rings. The highest BCUT2D eigenvalue weighted by Gasteiger charge is 2.12. The van der Waals surface area contributed by atoms with E-state index in [0.717, 1.165) is 10.9 Å². The van der Waals surface area contributed by atoms with Gasteiger partial charge in [-0.25, -0.2) is 0 Å². The molecule has 0 aliphatic carbocycles. The first-order valence-corrected chi connectivity index (χ1v) is 10.2. The van der Waals surface area contributed by atoms with Crippen molar-refractivity contribution in [2.24, 2.45) is 4.99 Å². The lowest BCUT2D eigenvalue weighted by atomic mass is 10.2. The third-order valence-electron chi connectivity index (χ3n) is 5.05. The summed E-state index contributed by atoms with van der Waals surface area (Å²) in [7, 11) is 3.23. The number of aliphatic imine (C=N–C) groups is 1. The number of carbonyl (C=O) groups excluding carboxylic acids is 1. The Morgan fingerprint density at radius 1 is 1.12 bits per heavy atom. The Bertz CT molecular complexity index is 1380. The topological polar surface area (TPSA) is 102 Å². The molecular formula is C25H23N5O3. The van der Waals surface area contributed by atoms with Crippen LogP contribution in [0.2, 0.25) is 0 Å². The third kappa shape index (κ3) is 4.90. The minimum atomic E-state index is -0.277. The number of benzene rings is 2. The Morgan fingerprint density at radius 2 is 1.94 bits per heavy atom. The van der Waals surface area contributed by atoms with Gasteiger partial charge in [0.25, 0.3) is 5.91 Å². The van der Waals surface area contributed by atoms with Crippen LogP contribution in [0.1, 0.15) is 10.4 Å². The van der Waals surface area contributed by atoms with Gasteiger partial charge in [0.05, 0.1) is 18.2 Å². The molecule has 166 valence electrons. The van der Waals surface area contributed by atoms with Crippen LogP contribution in [0.15, 0.2) is 84.1 Å². The highest BCUT2D eigenvalue weighted by molar-refractivity contribution is 6.04. The Kier molecular flexibility index (Phi) is 6.45. The first-order chi connectivity index (χ1) is 16.1. The van der Waals surface area contributed by atoms with Gasteiger partial charge in [0.1, 0.15) is 29.4 Å². The molecule has 0 unspecified atom stereocenters. The number of nitrogens with zero attached hydrogens (tertiary/aromatic N) is 3. The maximum Gasteiger partial charge on any atom is 0.257 e. The second-order valence-corrected chi connectivity index (χ2v) is 7.11. The molecule has 33 heavy (non-hydrogen) atoms. The predicted molar refractivity (Wildman–Crippen MR) is 127 cm³/mol. The smallest absolute Gasteiger partial charge is 0.257 e. The molecule has 0 radical (unpaired) electrons. The molecule has 0 atom stereocenters. The van der Waals surface area contributed by atoms with E-state index < -0.39 is 0 Å². The summed E-state index contributed by atoms with van der Waals surface area (Å²) in [5.74, 6) is 1.55. The SMILES string of the molecule is C/N=C(/COc1ccnc2cc(OC)ccc12)n1cc(C(=O)Nc2ccccc2)ccc1=N. The van der Waals surface area contributed by atoms with Crippen LogP contribution in [0, 0.1) is 5.41 Å². The fourth-order valence-corrected chi connectivity index (χ4v) is 3.31. The number of nitrogens with one attached hydrogen (secondary N) is 2. The Balaban J connectivity index is 1.56. The van der Waals surface area contributed by atoms with Crippen molar-refractivity contribution in [2.75, 3.05) is 26.1 Å². The van der Waals surface area contributed by atoms with E-state index in [1.165, 1.54) is 4.57 Å². The summed E-state index contributed by atoms with van der Waals surface area (Å²) < 4.78 is 12.8. The molecule has 0 bridgehead atoms. The molecule has 2 heterocycles. The second-order valence-electron chi connectivity index (χ2n) is 7.11. The largest absolute Gasteiger partial charge is 0.497 e. The number of hydrogen-bond donors (Lipinski definition) is 2. The van der Waals surface area contributed by atoms with Crippen LogP contribution in [-0.4, -0.2) is 42.1 Å². The van der Waals surface area contributed by atoms with Gasteiger partial charge < -0.3 is 14.8 Å². The molecule has 0 saturated carbocycles. The monoisotopic (exact) mass is 441 g/mol. The van der Waals surface area contributed by atoms with Gasteiger partial charge in [-0.3, -0.25) is 24.7 Å². The zero-order valence-corrected chi connectivity index (χ0v) is 18.3. The number of amides is 1. The maximum absolute atomic E-state index is 12.7. The fraction of sp³-hybridized carbons (Fsp3) is 0.120. The Morgan fingerprint density at radius 3 is 2.70 bits per heavy atom. The number of aromatic nitrogens is 2. The molecule has 0 fully saturated rings. The average molecular weight is 441 g/mol. The first-order valence-electron chi connectivity index (χ1n) is 10.2. The number of pyridine rings is 2. The fourth-order valence-electron chi connectivity index (χ4n) is 3.31. The van der Waals surface area contributed by atoms with Crippen LogP contribution in [-0.2, 0) is 0 Å². The summed E-state index contributed by atoms with van der Waals surface area (Å²) >= 11 is 0. The van der Waals surface area contributed by atoms with Crippen molar-refractivity contribution < 1.29 is 14.3 Å². The van der Waals surface area contributed by atoms with Crippen LogP contribution in [0.3, 0.4) is 0 Å². The molecule has 2 N–H and O–H groups in total. The van der Waals surface area contributed by atoms with E-state index in [1.54, 1.807) is 44.8 Å². The van der Waals surface area contributed by atoms with E-state index in [9.17, 15) is 4.79 Å². The van der Waals surface area contributed by atoms with Crippen molar-refractivity contribution >= 4 is 28.3 Å². The molecule has 1 amide bonds. The van der Waals surface area contributed by atoms with Crippen LogP contribution >= 0.6 is 0 Å². The zero-order valence-electron chi connectivity index (χ0n) is 18.3. The molecule has 0 aliphatic heterocycles. The van der Waals surface area contributed by atoms with Gasteiger partial charge in [-0.05, 0) is 42.5 Å². The lowest BCUT2D eigenvalue weighted by Crippen LogP contribution is -2.32. The molecule has 8 heteroatoms. The highest BCUT2D eigenvalue weighted by atomic mass is 16.5. The Hall–Kier alpha value is -4.46. The van der Waals surface area contributed by atoms with Crippen molar-refractivity contribution in [2.45, 2.75) is 0 Å². The first kappa shape index (κ1) is 21.8. The number of rotatable bonds is 6. The molecule has 0 saturated heterocycles. The molecule has 4 rings (SSSR count). The highest BCUT2D eigenvalue weighted by Crippen LogP contribution is 2.27. The molecule has 8 nitrogen and oxygen atoms in total. The van der Waals surface area contributed by atoms with Gasteiger partial charge in [-0.15, -0.1) is 0 Å². The minimum absolute atomic E-state index is 0.0992. The van der Waals surface area contributed by atoms with Crippen LogP contribution < -0.4 is 20.3 Å². The normalized spacial score (nSPS) is 11.3. The van der Waals surface area contributed by atoms with Crippen molar-refractivity contribution in [3.8, 4) is 11.5 Å². The summed E-state index contributed by atoms with van der Waals surface area (Å²) in [5.41, 5.74) is 2.02. The summed E-state index contributed by atoms with van der Waals surface area (Å²) in [6, 6.07) is 19.7. The second kappa shape index (κ2) is 9.78. The number of fused-ring (bicyclic) bond motifs is 1. The van der Waals surface area contributed by atoms with Gasteiger partial charge in [-0.1, -0.05) is 18.2 Å². The molecule has 2 aromatic heterocycles. The lowest BCUT2D eigenvalue weighted by Gasteiger charge is -2.14. The number of hydrogen-bond acceptors (Lipinski definition) is 6. The van der Waals surface area contributed by atoms with Crippen LogP contribution in [0.25, 0.3) is 10.9 Å². The van der Waals surface area contributed by atoms with Crippen molar-refractivity contribution in [1.82, 2.24) is 9.55 Å². The number of para-hydroxylation sites is 1. The molecule has 2 aromatic carbocycles. The van der Waals surface area contributed by atoms with E-state index in [2.05, 4.69) is 15.3 Å². The third-order valence-corrected chi connectivity index (χ3v) is 5.05. The molecular weight excluding hydrogens is 418 g/mol. The number of carbonyl (C=O) groups is 1. The molecule has 0 spiro atoms. The van der Waals surface area contributed by atoms with Gasteiger partial charge >= 0.3 is 0 Å². The van der Waals surface area contributed by atoms with Gasteiger partial charge in [0, 0.05) is 36.6 Å². The lowest BCUT2D eigenvalue weighted by molar-refractivity contribution is 0.102. The quantitative estimate of drug-likeness (QED) is 0.352. The van der Waals surface area contributed by atoms with Crippen molar-refractivity contribution in [3.05, 3.63) is 90.2 Å². The summed E-state index contributed by atoms with van der Waals surface area (Å²) in [5, 5.41) is 12.0. The minimum Gasteiger partial charge on any atom is -0.497 e. The average Bonchev–Trinajstić information content (AvgIpc) is 2.85. The predicted octanol–water partition coefficient (Wildman–Crippen LogP) is 3.73. The maximum atomic E-state index is 12.7. The van der Waals surface area contributed by atoms with Gasteiger partial charge in [0.15, 0.2) is 0 Å². The van der Waals surface area contributed by atoms with E-state index in [1.807, 2.05) is 48.5 Å². The number of anilines is 1. The summed E-state index contributed by atoms with van der Waals surface area (Å²) in [6.07, 6.45) is 3.25. The van der Waals surface area contributed by atoms with Crippen molar-refractivity contribution in [3.63, 3.8) is 0 Å². The number of methoxy groups -OCH3 is 1. The van der Waals surface area contributed by atoms with Crippen LogP contribution in [0.4, 0.5) is 5.69 Å².